The highest BCUT2D eigenvalue weighted by atomic mass is 35.5. The van der Waals surface area contributed by atoms with Crippen LogP contribution in [0.25, 0.3) is 0 Å². The number of unbranched alkanes of at least 4 members (excludes halogenated alkanes) is 1. The molecule has 0 N–H and O–H groups in total. The van der Waals surface area contributed by atoms with Gasteiger partial charge in [0, 0.05) is 12.8 Å². The molecule has 0 fully saturated rings. The second-order valence-electron chi connectivity index (χ2n) is 5.98. The smallest absolute Gasteiger partial charge is 0.311 e. The Morgan fingerprint density at radius 3 is 2.28 bits per heavy atom. The molecule has 6 heteroatoms. The number of esters is 2. The number of carbonyl (C=O) groups is 2. The minimum absolute atomic E-state index is 0.101. The summed E-state index contributed by atoms with van der Waals surface area (Å²) in [5.41, 5.74) is 0. The first-order chi connectivity index (χ1) is 12.0. The molecule has 0 aliphatic rings. The van der Waals surface area contributed by atoms with Crippen molar-refractivity contribution in [3.8, 4) is 5.75 Å². The average molecular weight is 389 g/mol. The first-order valence-electron chi connectivity index (χ1n) is 8.78. The average Bonchev–Trinajstić information content (AvgIpc) is 2.58. The van der Waals surface area contributed by atoms with Crippen molar-refractivity contribution in [2.24, 2.45) is 5.92 Å². The molecular formula is C19H26Cl2O4. The van der Waals surface area contributed by atoms with Crippen LogP contribution >= 0.6 is 23.2 Å². The molecule has 4 nitrogen and oxygen atoms in total. The van der Waals surface area contributed by atoms with Gasteiger partial charge in [-0.2, -0.15) is 0 Å². The van der Waals surface area contributed by atoms with Crippen LogP contribution in [-0.2, 0) is 14.3 Å². The molecule has 0 radical (unpaired) electrons. The Labute approximate surface area is 159 Å². The van der Waals surface area contributed by atoms with Crippen LogP contribution in [0.1, 0.15) is 58.8 Å². The second kappa shape index (κ2) is 12.2. The predicted octanol–water partition coefficient (Wildman–Crippen LogP) is 5.83. The molecule has 0 spiro atoms. The van der Waals surface area contributed by atoms with Crippen LogP contribution in [0, 0.1) is 5.92 Å². The van der Waals surface area contributed by atoms with E-state index < -0.39 is 5.97 Å². The van der Waals surface area contributed by atoms with Crippen LogP contribution in [0.2, 0.25) is 10.0 Å². The van der Waals surface area contributed by atoms with Crippen molar-refractivity contribution in [1.29, 1.82) is 0 Å². The molecule has 0 aliphatic heterocycles. The Morgan fingerprint density at radius 1 is 1.04 bits per heavy atom. The molecule has 0 aromatic heterocycles. The van der Waals surface area contributed by atoms with Crippen LogP contribution < -0.4 is 4.74 Å². The fourth-order valence-electron chi connectivity index (χ4n) is 2.30. The van der Waals surface area contributed by atoms with Gasteiger partial charge >= 0.3 is 11.9 Å². The number of para-hydroxylation sites is 1. The third-order valence-electron chi connectivity index (χ3n) is 3.92. The molecule has 0 aliphatic carbocycles. The van der Waals surface area contributed by atoms with Crippen molar-refractivity contribution in [2.75, 3.05) is 6.61 Å². The molecule has 0 saturated carbocycles. The summed E-state index contributed by atoms with van der Waals surface area (Å²) in [6.07, 6.45) is 5.02. The number of carbonyl (C=O) groups excluding carboxylic acids is 2. The molecule has 25 heavy (non-hydrogen) atoms. The molecular weight excluding hydrogens is 363 g/mol. The molecule has 0 bridgehead atoms. The van der Waals surface area contributed by atoms with Crippen molar-refractivity contribution >= 4 is 35.1 Å². The quantitative estimate of drug-likeness (QED) is 0.353. The molecule has 1 aromatic carbocycles. The maximum atomic E-state index is 11.8. The fourth-order valence-corrected chi connectivity index (χ4v) is 2.78. The van der Waals surface area contributed by atoms with Gasteiger partial charge in [0.2, 0.25) is 0 Å². The van der Waals surface area contributed by atoms with Gasteiger partial charge in [0.05, 0.1) is 16.7 Å². The summed E-state index contributed by atoms with van der Waals surface area (Å²) in [7, 11) is 0. The highest BCUT2D eigenvalue weighted by Crippen LogP contribution is 2.32. The Kier molecular flexibility index (Phi) is 10.6. The van der Waals surface area contributed by atoms with Gasteiger partial charge < -0.3 is 9.47 Å². The van der Waals surface area contributed by atoms with Crippen molar-refractivity contribution in [1.82, 2.24) is 0 Å². The Hall–Kier alpha value is -1.26. The third-order valence-corrected chi connectivity index (χ3v) is 4.52. The summed E-state index contributed by atoms with van der Waals surface area (Å²) in [4.78, 5) is 23.6. The van der Waals surface area contributed by atoms with Crippen molar-refractivity contribution < 1.29 is 19.1 Å². The number of hydrogen-bond donors (Lipinski definition) is 0. The van der Waals surface area contributed by atoms with Crippen LogP contribution in [-0.4, -0.2) is 18.5 Å². The van der Waals surface area contributed by atoms with Gasteiger partial charge in [-0.15, -0.1) is 0 Å². The lowest BCUT2D eigenvalue weighted by molar-refractivity contribution is -0.145. The standard InChI is InChI=1S/C19H26Cl2O4/c1-3-5-8-14(4-2)13-24-17(22)11-7-12-18(23)25-19-15(20)9-6-10-16(19)21/h6,9-10,14H,3-5,7-8,11-13H2,1-2H3. The van der Waals surface area contributed by atoms with Crippen LogP contribution in [0.5, 0.6) is 5.75 Å². The summed E-state index contributed by atoms with van der Waals surface area (Å²) < 4.78 is 10.5. The van der Waals surface area contributed by atoms with Crippen LogP contribution in [0.3, 0.4) is 0 Å². The zero-order valence-corrected chi connectivity index (χ0v) is 16.4. The number of rotatable bonds is 11. The number of benzene rings is 1. The zero-order valence-electron chi connectivity index (χ0n) is 14.9. The summed E-state index contributed by atoms with van der Waals surface area (Å²) in [5.74, 6) is -0.188. The van der Waals surface area contributed by atoms with Gasteiger partial charge in [0.15, 0.2) is 5.75 Å². The Balaban J connectivity index is 2.27. The SMILES string of the molecule is CCCCC(CC)COC(=O)CCCC(=O)Oc1c(Cl)cccc1Cl. The second-order valence-corrected chi connectivity index (χ2v) is 6.79. The molecule has 1 unspecified atom stereocenters. The zero-order chi connectivity index (χ0) is 18.7. The van der Waals surface area contributed by atoms with Gasteiger partial charge in [-0.05, 0) is 30.9 Å². The lowest BCUT2D eigenvalue weighted by atomic mass is 10.0. The molecule has 0 amide bonds. The van der Waals surface area contributed by atoms with Gasteiger partial charge in [0.1, 0.15) is 0 Å². The van der Waals surface area contributed by atoms with E-state index in [1.54, 1.807) is 18.2 Å². The topological polar surface area (TPSA) is 52.6 Å². The van der Waals surface area contributed by atoms with Crippen molar-refractivity contribution in [3.05, 3.63) is 28.2 Å². The van der Waals surface area contributed by atoms with E-state index in [1.807, 2.05) is 0 Å². The van der Waals surface area contributed by atoms with Gasteiger partial charge in [-0.25, -0.2) is 0 Å². The van der Waals surface area contributed by atoms with Gasteiger partial charge in [-0.3, -0.25) is 9.59 Å². The normalized spacial score (nSPS) is 11.8. The van der Waals surface area contributed by atoms with Crippen LogP contribution in [0.15, 0.2) is 18.2 Å². The molecule has 1 rings (SSSR count). The van der Waals surface area contributed by atoms with E-state index in [4.69, 9.17) is 32.7 Å². The summed E-state index contributed by atoms with van der Waals surface area (Å²) in [6, 6.07) is 4.86. The predicted molar refractivity (Wildman–Crippen MR) is 100 cm³/mol. The van der Waals surface area contributed by atoms with Crippen molar-refractivity contribution in [2.45, 2.75) is 58.8 Å². The fraction of sp³-hybridized carbons (Fsp3) is 0.579. The Morgan fingerprint density at radius 2 is 1.68 bits per heavy atom. The first-order valence-corrected chi connectivity index (χ1v) is 9.53. The van der Waals surface area contributed by atoms with E-state index >= 15 is 0 Å². The Bertz CT molecular complexity index is 540. The van der Waals surface area contributed by atoms with E-state index in [2.05, 4.69) is 13.8 Å². The van der Waals surface area contributed by atoms with Crippen LogP contribution in [0.4, 0.5) is 0 Å². The maximum absolute atomic E-state index is 11.8. The summed E-state index contributed by atoms with van der Waals surface area (Å²) in [6.45, 7) is 4.70. The number of ether oxygens (including phenoxy) is 2. The van der Waals surface area contributed by atoms with Gasteiger partial charge in [0.25, 0.3) is 0 Å². The molecule has 1 aromatic rings. The highest BCUT2D eigenvalue weighted by molar-refractivity contribution is 6.37. The van der Waals surface area contributed by atoms with Crippen molar-refractivity contribution in [3.63, 3.8) is 0 Å². The molecule has 0 saturated heterocycles. The lowest BCUT2D eigenvalue weighted by Crippen LogP contribution is -2.14. The number of halogens is 2. The minimum atomic E-state index is -0.475. The molecule has 140 valence electrons. The van der Waals surface area contributed by atoms with E-state index in [-0.39, 0.29) is 34.6 Å². The van der Waals surface area contributed by atoms with Gasteiger partial charge in [-0.1, -0.05) is 62.4 Å². The number of hydrogen-bond acceptors (Lipinski definition) is 4. The molecule has 1 atom stereocenters. The maximum Gasteiger partial charge on any atom is 0.311 e. The van der Waals surface area contributed by atoms with E-state index in [0.29, 0.717) is 18.9 Å². The van der Waals surface area contributed by atoms with E-state index in [1.165, 1.54) is 0 Å². The minimum Gasteiger partial charge on any atom is -0.465 e. The largest absolute Gasteiger partial charge is 0.465 e. The van der Waals surface area contributed by atoms with E-state index in [9.17, 15) is 9.59 Å². The summed E-state index contributed by atoms with van der Waals surface area (Å²) in [5, 5.41) is 0.552. The monoisotopic (exact) mass is 388 g/mol. The summed E-state index contributed by atoms with van der Waals surface area (Å²) >= 11 is 11.9. The lowest BCUT2D eigenvalue weighted by Gasteiger charge is -2.14. The molecule has 0 heterocycles. The third kappa shape index (κ3) is 8.59. The van der Waals surface area contributed by atoms with E-state index in [0.717, 1.165) is 25.7 Å². The highest BCUT2D eigenvalue weighted by Gasteiger charge is 2.14. The first kappa shape index (κ1) is 21.8.